The summed E-state index contributed by atoms with van der Waals surface area (Å²) in [6.07, 6.45) is 8.23. The van der Waals surface area contributed by atoms with Gasteiger partial charge in [-0.15, -0.1) is 0 Å². The molecule has 4 aromatic rings. The van der Waals surface area contributed by atoms with Crippen LogP contribution in [0.15, 0.2) is 90.0 Å². The minimum atomic E-state index is -3.93. The zero-order chi connectivity index (χ0) is 24.4. The van der Waals surface area contributed by atoms with Crippen molar-refractivity contribution >= 4 is 32.6 Å². The quantitative estimate of drug-likeness (QED) is 0.328. The van der Waals surface area contributed by atoms with Crippen molar-refractivity contribution in [2.75, 3.05) is 7.11 Å². The number of carbonyl (C=O) groups excluding carboxylic acids is 1. The number of aromatic nitrogens is 2. The van der Waals surface area contributed by atoms with E-state index in [1.807, 2.05) is 24.3 Å². The average molecular weight is 487 g/mol. The van der Waals surface area contributed by atoms with Gasteiger partial charge in [0.2, 0.25) is 0 Å². The molecule has 0 spiro atoms. The third-order valence-corrected chi connectivity index (χ3v) is 8.22. The van der Waals surface area contributed by atoms with Gasteiger partial charge in [0.05, 0.1) is 23.3 Å². The number of allylic oxidation sites excluding steroid dienone is 1. The molecule has 2 aromatic heterocycles. The number of esters is 1. The van der Waals surface area contributed by atoms with Crippen LogP contribution in [-0.2, 0) is 14.8 Å². The zero-order valence-corrected chi connectivity index (χ0v) is 20.2. The molecule has 0 aliphatic heterocycles. The summed E-state index contributed by atoms with van der Waals surface area (Å²) in [4.78, 5) is 16.6. The molecule has 0 N–H and O–H groups in total. The average Bonchev–Trinajstić information content (AvgIpc) is 3.55. The van der Waals surface area contributed by atoms with Gasteiger partial charge in [0.1, 0.15) is 0 Å². The number of ether oxygens (including phenoxy) is 1. The smallest absolute Gasteiger partial charge is 0.337 e. The van der Waals surface area contributed by atoms with E-state index >= 15 is 0 Å². The fourth-order valence-electron chi connectivity index (χ4n) is 4.73. The largest absolute Gasteiger partial charge is 0.465 e. The number of rotatable bonds is 6. The first-order valence-corrected chi connectivity index (χ1v) is 13.1. The van der Waals surface area contributed by atoms with Crippen LogP contribution in [0.5, 0.6) is 0 Å². The van der Waals surface area contributed by atoms with Crippen LogP contribution in [0.25, 0.3) is 16.6 Å². The van der Waals surface area contributed by atoms with Crippen LogP contribution in [0, 0.1) is 5.92 Å². The first-order valence-electron chi connectivity index (χ1n) is 11.7. The number of benzene rings is 2. The van der Waals surface area contributed by atoms with Gasteiger partial charge < -0.3 is 4.74 Å². The predicted molar refractivity (Wildman–Crippen MR) is 136 cm³/mol. The third kappa shape index (κ3) is 4.39. The number of carbonyl (C=O) groups is 1. The minimum Gasteiger partial charge on any atom is -0.465 e. The fraction of sp³-hybridized carbons (Fsp3) is 0.214. The highest BCUT2D eigenvalue weighted by Crippen LogP contribution is 2.36. The normalized spacial score (nSPS) is 14.9. The summed E-state index contributed by atoms with van der Waals surface area (Å²) in [5, 5.41) is 0.741. The van der Waals surface area contributed by atoms with Crippen LogP contribution in [0.3, 0.4) is 0 Å². The highest BCUT2D eigenvalue weighted by molar-refractivity contribution is 7.90. The summed E-state index contributed by atoms with van der Waals surface area (Å²) in [6, 6.07) is 21.1. The lowest BCUT2D eigenvalue weighted by atomic mass is 9.95. The Bertz CT molecular complexity index is 1500. The second-order valence-electron chi connectivity index (χ2n) is 8.72. The van der Waals surface area contributed by atoms with E-state index in [0.29, 0.717) is 22.8 Å². The first kappa shape index (κ1) is 23.1. The molecule has 1 saturated carbocycles. The maximum absolute atomic E-state index is 13.9. The van der Waals surface area contributed by atoms with Crippen molar-refractivity contribution in [2.24, 2.45) is 5.92 Å². The molecule has 0 atom stereocenters. The molecule has 35 heavy (non-hydrogen) atoms. The molecule has 5 rings (SSSR count). The number of hydrogen-bond acceptors (Lipinski definition) is 5. The Kier molecular flexibility index (Phi) is 6.26. The second kappa shape index (κ2) is 9.50. The van der Waals surface area contributed by atoms with Crippen LogP contribution >= 0.6 is 0 Å². The minimum absolute atomic E-state index is 0.200. The topological polar surface area (TPSA) is 78.3 Å². The van der Waals surface area contributed by atoms with Crippen LogP contribution in [0.4, 0.5) is 0 Å². The van der Waals surface area contributed by atoms with Gasteiger partial charge in [0, 0.05) is 17.2 Å². The van der Waals surface area contributed by atoms with Crippen molar-refractivity contribution in [1.82, 2.24) is 8.96 Å². The highest BCUT2D eigenvalue weighted by atomic mass is 32.2. The van der Waals surface area contributed by atoms with Gasteiger partial charge in [-0.25, -0.2) is 22.2 Å². The van der Waals surface area contributed by atoms with E-state index in [0.717, 1.165) is 42.2 Å². The van der Waals surface area contributed by atoms with E-state index in [-0.39, 0.29) is 4.90 Å². The van der Waals surface area contributed by atoms with Crippen molar-refractivity contribution in [1.29, 1.82) is 0 Å². The van der Waals surface area contributed by atoms with E-state index in [4.69, 9.17) is 4.74 Å². The van der Waals surface area contributed by atoms with Gasteiger partial charge in [0.25, 0.3) is 10.0 Å². The first-order chi connectivity index (χ1) is 17.0. The lowest BCUT2D eigenvalue weighted by molar-refractivity contribution is 0.0600. The lowest BCUT2D eigenvalue weighted by Crippen LogP contribution is -2.16. The number of methoxy groups -OCH3 is 1. The number of fused-ring (bicyclic) bond motifs is 1. The molecule has 0 saturated heterocycles. The summed E-state index contributed by atoms with van der Waals surface area (Å²) >= 11 is 0. The van der Waals surface area contributed by atoms with Crippen molar-refractivity contribution in [3.63, 3.8) is 0 Å². The zero-order valence-electron chi connectivity index (χ0n) is 19.4. The molecule has 1 fully saturated rings. The SMILES string of the molecule is COC(=O)c1ccc(C(=CC2CCCC2)c2cc3cccnc3n2S(=O)(=O)c2ccccc2)cc1. The van der Waals surface area contributed by atoms with Crippen LogP contribution in [-0.4, -0.2) is 30.5 Å². The standard InChI is InChI=1S/C28H26N2O4S/c1-34-28(31)22-15-13-21(14-16-22)25(18-20-8-5-6-9-20)26-19-23-10-7-17-29-27(23)30(26)35(32,33)24-11-3-2-4-12-24/h2-4,7,10-20H,5-6,8-9H2,1H3. The van der Waals surface area contributed by atoms with Crippen molar-refractivity contribution in [2.45, 2.75) is 30.6 Å². The molecule has 2 aromatic carbocycles. The molecule has 0 amide bonds. The monoisotopic (exact) mass is 486 g/mol. The Morgan fingerprint density at radius 2 is 1.66 bits per heavy atom. The molecule has 1 aliphatic rings. The van der Waals surface area contributed by atoms with E-state index in [1.54, 1.807) is 54.7 Å². The molecule has 178 valence electrons. The predicted octanol–water partition coefficient (Wildman–Crippen LogP) is 5.68. The van der Waals surface area contributed by atoms with Gasteiger partial charge in [-0.1, -0.05) is 49.2 Å². The number of nitrogens with zero attached hydrogens (tertiary/aromatic N) is 2. The van der Waals surface area contributed by atoms with Crippen molar-refractivity contribution in [3.05, 3.63) is 102 Å². The maximum Gasteiger partial charge on any atom is 0.337 e. The second-order valence-corrected chi connectivity index (χ2v) is 10.5. The molecule has 7 heteroatoms. The van der Waals surface area contributed by atoms with E-state index < -0.39 is 16.0 Å². The van der Waals surface area contributed by atoms with E-state index in [2.05, 4.69) is 11.1 Å². The lowest BCUT2D eigenvalue weighted by Gasteiger charge is -2.16. The van der Waals surface area contributed by atoms with Gasteiger partial charge in [-0.2, -0.15) is 0 Å². The molecular formula is C28H26N2O4S. The number of hydrogen-bond donors (Lipinski definition) is 0. The summed E-state index contributed by atoms with van der Waals surface area (Å²) in [5.74, 6) is -0.0630. The van der Waals surface area contributed by atoms with Gasteiger partial charge in [-0.3, -0.25) is 0 Å². The molecule has 0 unspecified atom stereocenters. The Labute approximate surface area is 204 Å². The Morgan fingerprint density at radius 3 is 2.34 bits per heavy atom. The summed E-state index contributed by atoms with van der Waals surface area (Å²) in [6.45, 7) is 0. The molecule has 1 aliphatic carbocycles. The molecule has 0 bridgehead atoms. The Hall–Kier alpha value is -3.71. The Morgan fingerprint density at radius 1 is 0.971 bits per heavy atom. The van der Waals surface area contributed by atoms with Gasteiger partial charge in [0.15, 0.2) is 5.65 Å². The molecule has 6 nitrogen and oxygen atoms in total. The van der Waals surface area contributed by atoms with Crippen LogP contribution < -0.4 is 0 Å². The van der Waals surface area contributed by atoms with E-state index in [1.165, 1.54) is 11.1 Å². The summed E-state index contributed by atoms with van der Waals surface area (Å²) in [7, 11) is -2.58. The van der Waals surface area contributed by atoms with Crippen molar-refractivity contribution < 1.29 is 17.9 Å². The summed E-state index contributed by atoms with van der Waals surface area (Å²) in [5.41, 5.74) is 3.02. The van der Waals surface area contributed by atoms with Gasteiger partial charge in [-0.05, 0) is 66.8 Å². The van der Waals surface area contributed by atoms with Crippen LogP contribution in [0.2, 0.25) is 0 Å². The fourth-order valence-corrected chi connectivity index (χ4v) is 6.24. The van der Waals surface area contributed by atoms with Crippen LogP contribution in [0.1, 0.15) is 47.3 Å². The van der Waals surface area contributed by atoms with Crippen molar-refractivity contribution in [3.8, 4) is 0 Å². The Balaban J connectivity index is 1.75. The maximum atomic E-state index is 13.9. The number of pyridine rings is 1. The third-order valence-electron chi connectivity index (χ3n) is 6.50. The molecular weight excluding hydrogens is 460 g/mol. The van der Waals surface area contributed by atoms with E-state index in [9.17, 15) is 13.2 Å². The molecule has 2 heterocycles. The summed E-state index contributed by atoms with van der Waals surface area (Å²) < 4.78 is 34.0. The molecule has 0 radical (unpaired) electrons. The highest BCUT2D eigenvalue weighted by Gasteiger charge is 2.27. The van der Waals surface area contributed by atoms with Gasteiger partial charge >= 0.3 is 5.97 Å².